The summed E-state index contributed by atoms with van der Waals surface area (Å²) in [7, 11) is 1.86. The highest BCUT2D eigenvalue weighted by Crippen LogP contribution is 1.82. The molecule has 0 saturated heterocycles. The van der Waals surface area contributed by atoms with Crippen molar-refractivity contribution in [2.24, 2.45) is 0 Å². The molecule has 0 spiro atoms. The van der Waals surface area contributed by atoms with Crippen LogP contribution in [0.25, 0.3) is 0 Å². The van der Waals surface area contributed by atoms with Crippen molar-refractivity contribution in [2.75, 3.05) is 6.54 Å². The Labute approximate surface area is 57.4 Å². The summed E-state index contributed by atoms with van der Waals surface area (Å²) in [4.78, 5) is 10.6. The number of nitrogens with one attached hydrogen (secondary N) is 1. The Morgan fingerprint density at radius 2 is 2.33 bits per heavy atom. The average molecular weight is 127 g/mol. The molecular weight excluding hydrogens is 113 g/mol. The zero-order valence-corrected chi connectivity index (χ0v) is 6.24. The van der Waals surface area contributed by atoms with Crippen molar-refractivity contribution in [2.45, 2.75) is 26.1 Å². The van der Waals surface area contributed by atoms with E-state index >= 15 is 0 Å². The topological polar surface area (TPSA) is 29.1 Å². The third-order valence-corrected chi connectivity index (χ3v) is 1.17. The molecule has 0 aromatic carbocycles. The smallest absolute Gasteiger partial charge is 0.212 e. The SMILES string of the molecule is BCC(=O)NCCCC. The lowest BCUT2D eigenvalue weighted by molar-refractivity contribution is -0.118. The minimum absolute atomic E-state index is 0.156. The molecule has 0 fully saturated rings. The van der Waals surface area contributed by atoms with Crippen molar-refractivity contribution in [1.29, 1.82) is 0 Å². The number of carbonyl (C=O) groups excluding carboxylic acids is 1. The maximum Gasteiger partial charge on any atom is 0.212 e. The zero-order chi connectivity index (χ0) is 7.11. The van der Waals surface area contributed by atoms with Crippen LogP contribution in [0.3, 0.4) is 0 Å². The molecule has 0 unspecified atom stereocenters. The predicted octanol–water partition coefficient (Wildman–Crippen LogP) is -0.0459. The van der Waals surface area contributed by atoms with Gasteiger partial charge in [0.15, 0.2) is 0 Å². The molecule has 9 heavy (non-hydrogen) atoms. The van der Waals surface area contributed by atoms with E-state index in [2.05, 4.69) is 12.2 Å². The van der Waals surface area contributed by atoms with Crippen LogP contribution in [0, 0.1) is 0 Å². The fourth-order valence-electron chi connectivity index (χ4n) is 0.530. The van der Waals surface area contributed by atoms with Crippen molar-refractivity contribution in [3.63, 3.8) is 0 Å². The molecule has 0 aliphatic rings. The maximum absolute atomic E-state index is 10.6. The normalized spacial score (nSPS) is 9.00. The molecule has 2 nitrogen and oxygen atoms in total. The second-order valence-corrected chi connectivity index (χ2v) is 2.06. The Kier molecular flexibility index (Phi) is 5.37. The van der Waals surface area contributed by atoms with E-state index in [1.165, 1.54) is 0 Å². The van der Waals surface area contributed by atoms with Gasteiger partial charge < -0.3 is 5.32 Å². The van der Waals surface area contributed by atoms with Crippen LogP contribution in [-0.2, 0) is 4.79 Å². The molecule has 0 bridgehead atoms. The van der Waals surface area contributed by atoms with Crippen LogP contribution in [-0.4, -0.2) is 20.3 Å². The third-order valence-electron chi connectivity index (χ3n) is 1.17. The van der Waals surface area contributed by atoms with Gasteiger partial charge in [-0.1, -0.05) is 13.3 Å². The van der Waals surface area contributed by atoms with Gasteiger partial charge in [0.1, 0.15) is 7.85 Å². The highest BCUT2D eigenvalue weighted by atomic mass is 16.1. The van der Waals surface area contributed by atoms with Crippen LogP contribution in [0.4, 0.5) is 0 Å². The summed E-state index contributed by atoms with van der Waals surface area (Å²) in [5, 5.41) is 2.79. The average Bonchev–Trinajstić information content (AvgIpc) is 1.89. The first-order chi connectivity index (χ1) is 4.31. The molecule has 0 aromatic rings. The van der Waals surface area contributed by atoms with Crippen LogP contribution in [0.1, 0.15) is 19.8 Å². The summed E-state index contributed by atoms with van der Waals surface area (Å²) in [5.74, 6) is 0.156. The largest absolute Gasteiger partial charge is 0.357 e. The van der Waals surface area contributed by atoms with Crippen molar-refractivity contribution >= 4 is 13.8 Å². The van der Waals surface area contributed by atoms with Gasteiger partial charge in [-0.2, -0.15) is 0 Å². The van der Waals surface area contributed by atoms with Crippen LogP contribution in [0.2, 0.25) is 6.32 Å². The van der Waals surface area contributed by atoms with E-state index in [-0.39, 0.29) is 5.91 Å². The first kappa shape index (κ1) is 8.53. The molecule has 0 aliphatic carbocycles. The Bertz CT molecular complexity index is 85.1. The van der Waals surface area contributed by atoms with Crippen molar-refractivity contribution < 1.29 is 4.79 Å². The molecule has 52 valence electrons. The van der Waals surface area contributed by atoms with E-state index in [0.29, 0.717) is 6.32 Å². The molecule has 3 heteroatoms. The van der Waals surface area contributed by atoms with Gasteiger partial charge >= 0.3 is 0 Å². The lowest BCUT2D eigenvalue weighted by Crippen LogP contribution is -2.23. The van der Waals surface area contributed by atoms with Gasteiger partial charge in [-0.05, 0) is 12.7 Å². The standard InChI is InChI=1S/C6H14BNO/c1-2-3-4-8-6(9)5-7/h2-5,7H2,1H3,(H,8,9). The Hall–Kier alpha value is -0.465. The quantitative estimate of drug-likeness (QED) is 0.416. The highest BCUT2D eigenvalue weighted by Gasteiger charge is 1.92. The third kappa shape index (κ3) is 5.41. The maximum atomic E-state index is 10.6. The minimum Gasteiger partial charge on any atom is -0.357 e. The summed E-state index contributed by atoms with van der Waals surface area (Å²) in [5.41, 5.74) is 0. The fraction of sp³-hybridized carbons (Fsp3) is 0.833. The van der Waals surface area contributed by atoms with Crippen molar-refractivity contribution in [3.8, 4) is 0 Å². The summed E-state index contributed by atoms with van der Waals surface area (Å²) in [6.45, 7) is 2.95. The summed E-state index contributed by atoms with van der Waals surface area (Å²) < 4.78 is 0. The van der Waals surface area contributed by atoms with Crippen LogP contribution >= 0.6 is 0 Å². The van der Waals surface area contributed by atoms with Crippen molar-refractivity contribution in [1.82, 2.24) is 5.32 Å². The molecule has 0 saturated carbocycles. The van der Waals surface area contributed by atoms with Crippen LogP contribution < -0.4 is 5.32 Å². The molecule has 0 aromatic heterocycles. The number of carbonyl (C=O) groups is 1. The molecule has 1 N–H and O–H groups in total. The van der Waals surface area contributed by atoms with Gasteiger partial charge in [-0.3, -0.25) is 4.79 Å². The van der Waals surface area contributed by atoms with Gasteiger partial charge in [0.05, 0.1) is 0 Å². The molecule has 0 atom stereocenters. The lowest BCUT2D eigenvalue weighted by atomic mass is 10.1. The monoisotopic (exact) mass is 127 g/mol. The van der Waals surface area contributed by atoms with Gasteiger partial charge in [0.25, 0.3) is 0 Å². The molecule has 0 aliphatic heterocycles. The van der Waals surface area contributed by atoms with E-state index < -0.39 is 0 Å². The number of unbranched alkanes of at least 4 members (excludes halogenated alkanes) is 1. The first-order valence-electron chi connectivity index (χ1n) is 3.58. The Morgan fingerprint density at radius 1 is 1.67 bits per heavy atom. The number of amides is 1. The second kappa shape index (κ2) is 5.67. The molecule has 0 heterocycles. The summed E-state index contributed by atoms with van der Waals surface area (Å²) in [6, 6.07) is 0. The second-order valence-electron chi connectivity index (χ2n) is 2.06. The van der Waals surface area contributed by atoms with E-state index in [0.717, 1.165) is 19.4 Å². The number of hydrogen-bond donors (Lipinski definition) is 1. The van der Waals surface area contributed by atoms with Crippen LogP contribution in [0.5, 0.6) is 0 Å². The van der Waals surface area contributed by atoms with E-state index in [1.54, 1.807) is 0 Å². The summed E-state index contributed by atoms with van der Waals surface area (Å²) in [6.07, 6.45) is 2.83. The van der Waals surface area contributed by atoms with Crippen molar-refractivity contribution in [3.05, 3.63) is 0 Å². The van der Waals surface area contributed by atoms with Gasteiger partial charge in [0, 0.05) is 6.54 Å². The van der Waals surface area contributed by atoms with Gasteiger partial charge in [0.2, 0.25) is 5.91 Å². The Morgan fingerprint density at radius 3 is 2.78 bits per heavy atom. The zero-order valence-electron chi connectivity index (χ0n) is 6.24. The number of hydrogen-bond acceptors (Lipinski definition) is 1. The number of rotatable bonds is 4. The minimum atomic E-state index is 0.156. The molecule has 1 amide bonds. The fourth-order valence-corrected chi connectivity index (χ4v) is 0.530. The molecular formula is C6H14BNO. The molecule has 0 rings (SSSR count). The first-order valence-corrected chi connectivity index (χ1v) is 3.58. The lowest BCUT2D eigenvalue weighted by Gasteiger charge is -1.99. The van der Waals surface area contributed by atoms with E-state index in [9.17, 15) is 4.79 Å². The Balaban J connectivity index is 2.97. The van der Waals surface area contributed by atoms with E-state index in [1.807, 2.05) is 7.85 Å². The van der Waals surface area contributed by atoms with Crippen LogP contribution in [0.15, 0.2) is 0 Å². The van der Waals surface area contributed by atoms with Gasteiger partial charge in [-0.25, -0.2) is 0 Å². The summed E-state index contributed by atoms with van der Waals surface area (Å²) >= 11 is 0. The predicted molar refractivity (Wildman–Crippen MR) is 41.3 cm³/mol. The van der Waals surface area contributed by atoms with Gasteiger partial charge in [-0.15, -0.1) is 0 Å². The van der Waals surface area contributed by atoms with E-state index in [4.69, 9.17) is 0 Å². The highest BCUT2D eigenvalue weighted by molar-refractivity contribution is 6.19. The molecule has 0 radical (unpaired) electrons.